The Morgan fingerprint density at radius 1 is 1.35 bits per heavy atom. The molecule has 0 amide bonds. The van der Waals surface area contributed by atoms with Gasteiger partial charge >= 0.3 is 5.97 Å². The van der Waals surface area contributed by atoms with Crippen molar-refractivity contribution in [2.24, 2.45) is 5.92 Å². The fraction of sp³-hybridized carbons (Fsp3) is 0.462. The van der Waals surface area contributed by atoms with Gasteiger partial charge in [-0.2, -0.15) is 0 Å². The zero-order chi connectivity index (χ0) is 13.1. The molecule has 1 aromatic rings. The second kappa shape index (κ2) is 5.82. The minimum absolute atomic E-state index is 0.264. The van der Waals surface area contributed by atoms with Crippen molar-refractivity contribution in [3.05, 3.63) is 34.3 Å². The van der Waals surface area contributed by atoms with E-state index in [0.717, 1.165) is 16.1 Å². The first-order valence-electron chi connectivity index (χ1n) is 5.76. The number of benzene rings is 1. The third-order valence-electron chi connectivity index (χ3n) is 2.63. The molecule has 4 heteroatoms. The standard InChI is InChI=1S/C13H19BrO2Si/c1-17(2,3)9-11(13(15)16)8-10-6-4-5-7-12(10)14/h4-7,11H,8-9H2,1-3H3,(H,15,16). The van der Waals surface area contributed by atoms with Crippen molar-refractivity contribution < 1.29 is 9.90 Å². The predicted molar refractivity (Wildman–Crippen MR) is 77.1 cm³/mol. The van der Waals surface area contributed by atoms with Gasteiger partial charge in [0.25, 0.3) is 0 Å². The van der Waals surface area contributed by atoms with Crippen molar-refractivity contribution in [2.75, 3.05) is 0 Å². The number of rotatable bonds is 5. The SMILES string of the molecule is C[Si](C)(C)CC(Cc1ccccc1Br)C(=O)O. The van der Waals surface area contributed by atoms with E-state index in [1.54, 1.807) is 0 Å². The molecular formula is C13H19BrO2Si. The van der Waals surface area contributed by atoms with Gasteiger partial charge in [-0.05, 0) is 24.1 Å². The Bertz CT molecular complexity index is 399. The van der Waals surface area contributed by atoms with Crippen LogP contribution >= 0.6 is 15.9 Å². The topological polar surface area (TPSA) is 37.3 Å². The lowest BCUT2D eigenvalue weighted by Crippen LogP contribution is -2.29. The maximum atomic E-state index is 11.3. The molecule has 0 radical (unpaired) electrons. The molecule has 0 heterocycles. The van der Waals surface area contributed by atoms with E-state index in [4.69, 9.17) is 0 Å². The van der Waals surface area contributed by atoms with Crippen LogP contribution in [0, 0.1) is 5.92 Å². The van der Waals surface area contributed by atoms with Crippen molar-refractivity contribution in [2.45, 2.75) is 32.1 Å². The smallest absolute Gasteiger partial charge is 0.306 e. The van der Waals surface area contributed by atoms with Gasteiger partial charge in [-0.1, -0.05) is 53.8 Å². The molecule has 1 atom stereocenters. The summed E-state index contributed by atoms with van der Waals surface area (Å²) in [6, 6.07) is 8.67. The highest BCUT2D eigenvalue weighted by Crippen LogP contribution is 2.25. The molecule has 1 unspecified atom stereocenters. The van der Waals surface area contributed by atoms with E-state index in [1.807, 2.05) is 24.3 Å². The van der Waals surface area contributed by atoms with Crippen LogP contribution in [-0.2, 0) is 11.2 Å². The quantitative estimate of drug-likeness (QED) is 0.833. The van der Waals surface area contributed by atoms with Gasteiger partial charge in [0.2, 0.25) is 0 Å². The van der Waals surface area contributed by atoms with Crippen molar-refractivity contribution in [1.29, 1.82) is 0 Å². The third kappa shape index (κ3) is 5.04. The van der Waals surface area contributed by atoms with Crippen LogP contribution in [0.3, 0.4) is 0 Å². The summed E-state index contributed by atoms with van der Waals surface area (Å²) in [5.74, 6) is -0.941. The average molecular weight is 315 g/mol. The molecular weight excluding hydrogens is 296 g/mol. The van der Waals surface area contributed by atoms with Crippen molar-refractivity contribution in [3.63, 3.8) is 0 Å². The zero-order valence-electron chi connectivity index (χ0n) is 10.5. The Balaban J connectivity index is 2.81. The minimum atomic E-state index is -1.35. The van der Waals surface area contributed by atoms with E-state index in [-0.39, 0.29) is 5.92 Å². The van der Waals surface area contributed by atoms with Gasteiger partial charge in [-0.3, -0.25) is 4.79 Å². The van der Waals surface area contributed by atoms with E-state index < -0.39 is 14.0 Å². The van der Waals surface area contributed by atoms with Gasteiger partial charge in [0.15, 0.2) is 0 Å². The molecule has 0 aromatic heterocycles. The lowest BCUT2D eigenvalue weighted by Gasteiger charge is -2.21. The van der Waals surface area contributed by atoms with Crippen LogP contribution in [0.5, 0.6) is 0 Å². The highest BCUT2D eigenvalue weighted by atomic mass is 79.9. The second-order valence-corrected chi connectivity index (χ2v) is 12.0. The van der Waals surface area contributed by atoms with Gasteiger partial charge in [0.1, 0.15) is 0 Å². The number of carbonyl (C=O) groups is 1. The van der Waals surface area contributed by atoms with Gasteiger partial charge in [0.05, 0.1) is 5.92 Å². The molecule has 94 valence electrons. The number of halogens is 1. The Morgan fingerprint density at radius 3 is 2.41 bits per heavy atom. The molecule has 0 fully saturated rings. The van der Waals surface area contributed by atoms with Crippen molar-refractivity contribution >= 4 is 30.0 Å². The summed E-state index contributed by atoms with van der Waals surface area (Å²) in [5.41, 5.74) is 1.08. The molecule has 17 heavy (non-hydrogen) atoms. The molecule has 0 aliphatic heterocycles. The van der Waals surface area contributed by atoms with Gasteiger partial charge in [-0.15, -0.1) is 0 Å². The summed E-state index contributed by atoms with van der Waals surface area (Å²) in [5, 5.41) is 9.30. The van der Waals surface area contributed by atoms with Gasteiger partial charge in [0, 0.05) is 12.5 Å². The first kappa shape index (κ1) is 14.4. The summed E-state index contributed by atoms with van der Waals surface area (Å²) in [6.45, 7) is 6.63. The highest BCUT2D eigenvalue weighted by Gasteiger charge is 2.26. The molecule has 1 aromatic carbocycles. The highest BCUT2D eigenvalue weighted by molar-refractivity contribution is 9.10. The van der Waals surface area contributed by atoms with Crippen LogP contribution in [-0.4, -0.2) is 19.1 Å². The zero-order valence-corrected chi connectivity index (χ0v) is 13.1. The Labute approximate surface area is 112 Å². The summed E-state index contributed by atoms with van der Waals surface area (Å²) in [6.07, 6.45) is 0.612. The van der Waals surface area contributed by atoms with E-state index in [0.29, 0.717) is 6.42 Å². The molecule has 1 N–H and O–H groups in total. The first-order valence-corrected chi connectivity index (χ1v) is 10.3. The third-order valence-corrected chi connectivity index (χ3v) is 5.12. The normalized spacial score (nSPS) is 13.4. The van der Waals surface area contributed by atoms with Crippen LogP contribution < -0.4 is 0 Å². The molecule has 0 saturated carbocycles. The van der Waals surface area contributed by atoms with Crippen LogP contribution in [0.15, 0.2) is 28.7 Å². The molecule has 0 aliphatic rings. The maximum Gasteiger partial charge on any atom is 0.306 e. The van der Waals surface area contributed by atoms with Crippen LogP contribution in [0.2, 0.25) is 25.7 Å². The van der Waals surface area contributed by atoms with Crippen LogP contribution in [0.4, 0.5) is 0 Å². The van der Waals surface area contributed by atoms with E-state index in [9.17, 15) is 9.90 Å². The summed E-state index contributed by atoms with van der Waals surface area (Å²) in [7, 11) is -1.35. The first-order chi connectivity index (χ1) is 7.79. The summed E-state index contributed by atoms with van der Waals surface area (Å²) < 4.78 is 1.00. The molecule has 2 nitrogen and oxygen atoms in total. The van der Waals surface area contributed by atoms with Crippen LogP contribution in [0.25, 0.3) is 0 Å². The average Bonchev–Trinajstić information content (AvgIpc) is 2.18. The summed E-state index contributed by atoms with van der Waals surface area (Å²) >= 11 is 3.47. The lowest BCUT2D eigenvalue weighted by molar-refractivity contribution is -0.141. The van der Waals surface area contributed by atoms with E-state index in [1.165, 1.54) is 0 Å². The van der Waals surface area contributed by atoms with Gasteiger partial charge < -0.3 is 5.11 Å². The Morgan fingerprint density at radius 2 is 1.94 bits per heavy atom. The largest absolute Gasteiger partial charge is 0.481 e. The second-order valence-electron chi connectivity index (χ2n) is 5.60. The fourth-order valence-electron chi connectivity index (χ4n) is 1.92. The van der Waals surface area contributed by atoms with Gasteiger partial charge in [-0.25, -0.2) is 0 Å². The predicted octanol–water partition coefficient (Wildman–Crippen LogP) is 4.03. The molecule has 0 spiro atoms. The molecule has 0 bridgehead atoms. The van der Waals surface area contributed by atoms with Crippen LogP contribution in [0.1, 0.15) is 5.56 Å². The Hall–Kier alpha value is -0.613. The monoisotopic (exact) mass is 314 g/mol. The number of hydrogen-bond donors (Lipinski definition) is 1. The lowest BCUT2D eigenvalue weighted by atomic mass is 10.0. The number of carboxylic acid groups (broad SMARTS) is 1. The molecule has 0 aliphatic carbocycles. The summed E-state index contributed by atoms with van der Waals surface area (Å²) in [4.78, 5) is 11.3. The molecule has 0 saturated heterocycles. The fourth-order valence-corrected chi connectivity index (χ4v) is 4.16. The minimum Gasteiger partial charge on any atom is -0.481 e. The maximum absolute atomic E-state index is 11.3. The van der Waals surface area contributed by atoms with Crippen molar-refractivity contribution in [1.82, 2.24) is 0 Å². The van der Waals surface area contributed by atoms with E-state index >= 15 is 0 Å². The molecule has 1 rings (SSSR count). The number of aliphatic carboxylic acids is 1. The Kier molecular flexibility index (Phi) is 4.95. The van der Waals surface area contributed by atoms with E-state index in [2.05, 4.69) is 35.6 Å². The number of hydrogen-bond acceptors (Lipinski definition) is 1. The van der Waals surface area contributed by atoms with Crippen molar-refractivity contribution in [3.8, 4) is 0 Å². The number of carboxylic acids is 1.